The average molecular weight is 263 g/mol. The number of rotatable bonds is 3. The summed E-state index contributed by atoms with van der Waals surface area (Å²) in [4.78, 5) is 0. The zero-order valence-electron chi connectivity index (χ0n) is 11.9. The third-order valence-electron chi connectivity index (χ3n) is 4.11. The maximum Gasteiger partial charge on any atom is 0.0375 e. The summed E-state index contributed by atoms with van der Waals surface area (Å²) in [6, 6.07) is 19.7. The van der Waals surface area contributed by atoms with Crippen molar-refractivity contribution < 1.29 is 0 Å². The van der Waals surface area contributed by atoms with E-state index in [0.29, 0.717) is 12.0 Å². The first-order chi connectivity index (χ1) is 9.83. The van der Waals surface area contributed by atoms with Crippen LogP contribution in [0.1, 0.15) is 24.5 Å². The van der Waals surface area contributed by atoms with Gasteiger partial charge in [0.05, 0.1) is 0 Å². The molecule has 20 heavy (non-hydrogen) atoms. The molecule has 1 nitrogen and oxygen atoms in total. The summed E-state index contributed by atoms with van der Waals surface area (Å²) in [7, 11) is 0. The predicted octanol–water partition coefficient (Wildman–Crippen LogP) is 4.76. The van der Waals surface area contributed by atoms with Gasteiger partial charge >= 0.3 is 0 Å². The van der Waals surface area contributed by atoms with E-state index in [9.17, 15) is 0 Å². The van der Waals surface area contributed by atoms with Crippen LogP contribution in [0.15, 0.2) is 60.7 Å². The zero-order valence-corrected chi connectivity index (χ0v) is 11.9. The Morgan fingerprint density at radius 2 is 1.80 bits per heavy atom. The minimum absolute atomic E-state index is 0.531. The van der Waals surface area contributed by atoms with Crippen LogP contribution in [-0.2, 0) is 6.42 Å². The van der Waals surface area contributed by atoms with E-state index < -0.39 is 0 Å². The fourth-order valence-electron chi connectivity index (χ4n) is 2.82. The highest BCUT2D eigenvalue weighted by Crippen LogP contribution is 2.28. The molecule has 0 amide bonds. The standard InChI is InChI=1S/C19H21N/c1-15(11-12-16-7-3-2-4-8-16)18-14-13-17-9-5-6-10-19(17)20-18/h2-12,15,18,20H,13-14H2,1H3. The van der Waals surface area contributed by atoms with Gasteiger partial charge in [0, 0.05) is 11.7 Å². The van der Waals surface area contributed by atoms with Gasteiger partial charge in [-0.2, -0.15) is 0 Å². The number of benzene rings is 2. The summed E-state index contributed by atoms with van der Waals surface area (Å²) in [6.07, 6.45) is 6.93. The van der Waals surface area contributed by atoms with Crippen LogP contribution in [0.4, 0.5) is 5.69 Å². The molecule has 2 atom stereocenters. The van der Waals surface area contributed by atoms with E-state index in [1.54, 1.807) is 0 Å². The molecule has 102 valence electrons. The highest BCUT2D eigenvalue weighted by Gasteiger charge is 2.20. The van der Waals surface area contributed by atoms with Crippen molar-refractivity contribution in [2.45, 2.75) is 25.8 Å². The summed E-state index contributed by atoms with van der Waals surface area (Å²) in [5, 5.41) is 3.68. The number of hydrogen-bond donors (Lipinski definition) is 1. The van der Waals surface area contributed by atoms with Crippen LogP contribution in [0.25, 0.3) is 6.08 Å². The van der Waals surface area contributed by atoms with Crippen molar-refractivity contribution in [2.75, 3.05) is 5.32 Å². The van der Waals surface area contributed by atoms with E-state index in [2.05, 4.69) is 79.0 Å². The van der Waals surface area contributed by atoms with Crippen LogP contribution in [0.2, 0.25) is 0 Å². The second-order valence-corrected chi connectivity index (χ2v) is 5.58. The molecule has 3 rings (SSSR count). The van der Waals surface area contributed by atoms with Gasteiger partial charge in [0.2, 0.25) is 0 Å². The molecule has 0 saturated heterocycles. The first-order valence-corrected chi connectivity index (χ1v) is 7.40. The largest absolute Gasteiger partial charge is 0.381 e. The fourth-order valence-corrected chi connectivity index (χ4v) is 2.82. The normalized spacial score (nSPS) is 19.4. The Morgan fingerprint density at radius 3 is 2.65 bits per heavy atom. The van der Waals surface area contributed by atoms with Crippen LogP contribution in [-0.4, -0.2) is 6.04 Å². The lowest BCUT2D eigenvalue weighted by molar-refractivity contribution is 0.524. The summed E-state index contributed by atoms with van der Waals surface area (Å²) in [5.74, 6) is 0.531. The zero-order chi connectivity index (χ0) is 13.8. The van der Waals surface area contributed by atoms with Crippen molar-refractivity contribution in [2.24, 2.45) is 5.92 Å². The molecule has 1 aliphatic heterocycles. The number of para-hydroxylation sites is 1. The maximum atomic E-state index is 3.68. The molecular formula is C19H21N. The Hall–Kier alpha value is -2.02. The summed E-state index contributed by atoms with van der Waals surface area (Å²) < 4.78 is 0. The molecule has 2 aromatic rings. The second-order valence-electron chi connectivity index (χ2n) is 5.58. The Balaban J connectivity index is 1.67. The smallest absolute Gasteiger partial charge is 0.0375 e. The van der Waals surface area contributed by atoms with Gasteiger partial charge in [0.25, 0.3) is 0 Å². The SMILES string of the molecule is CC(C=Cc1ccccc1)C1CCc2ccccc2N1. The molecule has 0 fully saturated rings. The Labute approximate surface area is 121 Å². The van der Waals surface area contributed by atoms with Crippen LogP contribution in [0.5, 0.6) is 0 Å². The Bertz CT molecular complexity index is 586. The molecule has 0 bridgehead atoms. The Kier molecular flexibility index (Phi) is 3.87. The summed E-state index contributed by atoms with van der Waals surface area (Å²) in [5.41, 5.74) is 4.03. The van der Waals surface area contributed by atoms with Gasteiger partial charge in [-0.3, -0.25) is 0 Å². The van der Waals surface area contributed by atoms with Crippen LogP contribution in [0.3, 0.4) is 0 Å². The van der Waals surface area contributed by atoms with Crippen LogP contribution < -0.4 is 5.32 Å². The lowest BCUT2D eigenvalue weighted by Gasteiger charge is -2.30. The number of nitrogens with one attached hydrogen (secondary N) is 1. The fraction of sp³-hybridized carbons (Fsp3) is 0.263. The van der Waals surface area contributed by atoms with Crippen molar-refractivity contribution in [3.63, 3.8) is 0 Å². The maximum absolute atomic E-state index is 3.68. The molecule has 0 radical (unpaired) electrons. The van der Waals surface area contributed by atoms with E-state index in [-0.39, 0.29) is 0 Å². The highest BCUT2D eigenvalue weighted by atomic mass is 14.9. The van der Waals surface area contributed by atoms with Gasteiger partial charge in [-0.05, 0) is 36.0 Å². The van der Waals surface area contributed by atoms with Gasteiger partial charge in [-0.25, -0.2) is 0 Å². The van der Waals surface area contributed by atoms with Gasteiger partial charge in [0.1, 0.15) is 0 Å². The summed E-state index contributed by atoms with van der Waals surface area (Å²) >= 11 is 0. The molecule has 0 saturated carbocycles. The van der Waals surface area contributed by atoms with E-state index in [1.807, 2.05) is 0 Å². The van der Waals surface area contributed by atoms with Crippen molar-refractivity contribution in [3.8, 4) is 0 Å². The van der Waals surface area contributed by atoms with Crippen LogP contribution in [0, 0.1) is 5.92 Å². The molecule has 0 spiro atoms. The Morgan fingerprint density at radius 1 is 1.05 bits per heavy atom. The molecule has 1 heterocycles. The first kappa shape index (κ1) is 13.0. The molecule has 0 aromatic heterocycles. The monoisotopic (exact) mass is 263 g/mol. The van der Waals surface area contributed by atoms with E-state index >= 15 is 0 Å². The number of anilines is 1. The van der Waals surface area contributed by atoms with Crippen molar-refractivity contribution >= 4 is 11.8 Å². The van der Waals surface area contributed by atoms with Gasteiger partial charge < -0.3 is 5.32 Å². The first-order valence-electron chi connectivity index (χ1n) is 7.40. The minimum Gasteiger partial charge on any atom is -0.381 e. The van der Waals surface area contributed by atoms with Gasteiger partial charge in [-0.15, -0.1) is 0 Å². The third kappa shape index (κ3) is 2.93. The third-order valence-corrected chi connectivity index (χ3v) is 4.11. The summed E-state index contributed by atoms with van der Waals surface area (Å²) in [6.45, 7) is 2.30. The number of aryl methyl sites for hydroxylation is 1. The second kappa shape index (κ2) is 5.96. The number of fused-ring (bicyclic) bond motifs is 1. The van der Waals surface area contributed by atoms with Crippen LogP contribution >= 0.6 is 0 Å². The van der Waals surface area contributed by atoms with Crippen molar-refractivity contribution in [1.29, 1.82) is 0 Å². The average Bonchev–Trinajstić information content (AvgIpc) is 2.53. The van der Waals surface area contributed by atoms with E-state index in [1.165, 1.54) is 29.7 Å². The lowest BCUT2D eigenvalue weighted by atomic mass is 9.90. The topological polar surface area (TPSA) is 12.0 Å². The molecule has 2 aromatic carbocycles. The minimum atomic E-state index is 0.531. The van der Waals surface area contributed by atoms with E-state index in [4.69, 9.17) is 0 Å². The quantitative estimate of drug-likeness (QED) is 0.841. The molecule has 2 unspecified atom stereocenters. The molecule has 1 aliphatic rings. The van der Waals surface area contributed by atoms with Gasteiger partial charge in [0.15, 0.2) is 0 Å². The van der Waals surface area contributed by atoms with Crippen molar-refractivity contribution in [3.05, 3.63) is 71.8 Å². The predicted molar refractivity (Wildman–Crippen MR) is 86.8 cm³/mol. The van der Waals surface area contributed by atoms with E-state index in [0.717, 1.165) is 0 Å². The molecule has 1 heteroatoms. The molecule has 0 aliphatic carbocycles. The highest BCUT2D eigenvalue weighted by molar-refractivity contribution is 5.54. The van der Waals surface area contributed by atoms with Crippen molar-refractivity contribution in [1.82, 2.24) is 0 Å². The molecular weight excluding hydrogens is 242 g/mol. The molecule has 1 N–H and O–H groups in total. The van der Waals surface area contributed by atoms with Gasteiger partial charge in [-0.1, -0.05) is 67.6 Å². The lowest BCUT2D eigenvalue weighted by Crippen LogP contribution is -2.30. The number of hydrogen-bond acceptors (Lipinski definition) is 1.